The zero-order valence-corrected chi connectivity index (χ0v) is 12.1. The maximum Gasteiger partial charge on any atom is 0.411 e. The van der Waals surface area contributed by atoms with E-state index in [-0.39, 0.29) is 12.3 Å². The van der Waals surface area contributed by atoms with Crippen LogP contribution in [0.4, 0.5) is 5.69 Å². The highest BCUT2D eigenvalue weighted by atomic mass is 35.5. The molecule has 1 heterocycles. The van der Waals surface area contributed by atoms with Crippen LogP contribution >= 0.6 is 23.4 Å². The molecular weight excluding hydrogens is 304 g/mol. The van der Waals surface area contributed by atoms with E-state index in [0.29, 0.717) is 16.5 Å². The number of nitrogens with zero attached hydrogens (tertiary/aromatic N) is 1. The fraction of sp³-hybridized carbons (Fsp3) is 0.250. The number of fused-ring (bicyclic) bond motifs is 1. The number of carbonyl (C=O) groups excluding carboxylic acids is 1. The molecule has 1 aliphatic heterocycles. The summed E-state index contributed by atoms with van der Waals surface area (Å²) in [5, 5.41) is 14.5. The van der Waals surface area contributed by atoms with Crippen molar-refractivity contribution in [3.63, 3.8) is 0 Å². The molecule has 1 aromatic carbocycles. The summed E-state index contributed by atoms with van der Waals surface area (Å²) in [6, 6.07) is 5.22. The third-order valence-electron chi connectivity index (χ3n) is 2.54. The number of benzene rings is 1. The molecule has 0 unspecified atom stereocenters. The molecule has 0 bridgehead atoms. The number of ether oxygens (including phenoxy) is 1. The van der Waals surface area contributed by atoms with Gasteiger partial charge < -0.3 is 10.1 Å². The van der Waals surface area contributed by atoms with Gasteiger partial charge in [-0.3, -0.25) is 10.1 Å². The van der Waals surface area contributed by atoms with Crippen LogP contribution in [-0.2, 0) is 9.53 Å². The van der Waals surface area contributed by atoms with Crippen LogP contribution in [0, 0.1) is 10.1 Å². The lowest BCUT2D eigenvalue weighted by atomic mass is 10.2. The van der Waals surface area contributed by atoms with E-state index < -0.39 is 16.6 Å². The second-order valence-electron chi connectivity index (χ2n) is 3.86. The van der Waals surface area contributed by atoms with E-state index in [0.717, 1.165) is 4.90 Å². The Kier molecular flexibility index (Phi) is 4.51. The van der Waals surface area contributed by atoms with Gasteiger partial charge >= 0.3 is 11.7 Å². The molecule has 2 rings (SSSR count). The molecular formula is C12H11ClN2O4S. The number of thioether (sulfide) groups is 1. The lowest BCUT2D eigenvalue weighted by Gasteiger charge is -2.20. The molecule has 1 N–H and O–H groups in total. The Bertz CT molecular complexity index is 603. The summed E-state index contributed by atoms with van der Waals surface area (Å²) in [4.78, 5) is 22.9. The van der Waals surface area contributed by atoms with E-state index in [9.17, 15) is 14.9 Å². The average Bonchev–Trinajstić information content (AvgIpc) is 2.38. The monoisotopic (exact) mass is 314 g/mol. The first-order valence-corrected chi connectivity index (χ1v) is 7.13. The lowest BCUT2D eigenvalue weighted by molar-refractivity contribution is -0.422. The van der Waals surface area contributed by atoms with Crippen molar-refractivity contribution in [2.75, 3.05) is 17.7 Å². The zero-order chi connectivity index (χ0) is 14.7. The van der Waals surface area contributed by atoms with E-state index in [1.54, 1.807) is 19.1 Å². The number of halogens is 1. The molecule has 0 amide bonds. The average molecular weight is 315 g/mol. The van der Waals surface area contributed by atoms with Crippen LogP contribution in [0.5, 0.6) is 0 Å². The molecule has 0 saturated carbocycles. The summed E-state index contributed by atoms with van der Waals surface area (Å²) in [6.45, 7) is 1.68. The zero-order valence-electron chi connectivity index (χ0n) is 10.5. The van der Waals surface area contributed by atoms with Crippen molar-refractivity contribution >= 4 is 35.0 Å². The molecule has 1 aromatic rings. The maximum atomic E-state index is 11.7. The van der Waals surface area contributed by atoms with E-state index in [1.807, 2.05) is 6.07 Å². The SMILES string of the molecule is CCOC(=O)/C(=C1\CSc2ccc(Cl)cc2N1)[N+](=O)[O-]. The maximum absolute atomic E-state index is 11.7. The minimum Gasteiger partial charge on any atom is -0.458 e. The van der Waals surface area contributed by atoms with Gasteiger partial charge in [-0.25, -0.2) is 4.79 Å². The second-order valence-corrected chi connectivity index (χ2v) is 5.31. The Morgan fingerprint density at radius 3 is 3.00 bits per heavy atom. The van der Waals surface area contributed by atoms with Crippen LogP contribution < -0.4 is 5.32 Å². The molecule has 0 atom stereocenters. The highest BCUT2D eigenvalue weighted by Gasteiger charge is 2.31. The van der Waals surface area contributed by atoms with Gasteiger partial charge in [0, 0.05) is 15.7 Å². The third-order valence-corrected chi connectivity index (χ3v) is 3.87. The number of hydrogen-bond acceptors (Lipinski definition) is 6. The molecule has 0 spiro atoms. The van der Waals surface area contributed by atoms with E-state index in [1.165, 1.54) is 11.8 Å². The van der Waals surface area contributed by atoms with Gasteiger partial charge in [-0.05, 0) is 25.1 Å². The van der Waals surface area contributed by atoms with Crippen molar-refractivity contribution in [3.05, 3.63) is 44.7 Å². The van der Waals surface area contributed by atoms with Crippen LogP contribution in [-0.4, -0.2) is 23.3 Å². The first-order chi connectivity index (χ1) is 9.52. The fourth-order valence-corrected chi connectivity index (χ4v) is 2.82. The molecule has 1 aliphatic rings. The number of hydrogen-bond donors (Lipinski definition) is 1. The molecule has 0 fully saturated rings. The first kappa shape index (κ1) is 14.7. The molecule has 8 heteroatoms. The topological polar surface area (TPSA) is 81.5 Å². The highest BCUT2D eigenvalue weighted by molar-refractivity contribution is 7.99. The van der Waals surface area contributed by atoms with Crippen molar-refractivity contribution in [1.82, 2.24) is 0 Å². The number of nitro groups is 1. The van der Waals surface area contributed by atoms with Crippen LogP contribution in [0.15, 0.2) is 34.5 Å². The standard InChI is InChI=1S/C12H11ClN2O4S/c1-2-19-12(16)11(15(17)18)9-6-20-10-4-3-7(13)5-8(10)14-9/h3-5,14H,2,6H2,1H3/b11-9-. The van der Waals surface area contributed by atoms with Gasteiger partial charge in [0.25, 0.3) is 0 Å². The molecule has 20 heavy (non-hydrogen) atoms. The molecule has 0 aliphatic carbocycles. The number of carbonyl (C=O) groups is 1. The normalized spacial score (nSPS) is 15.9. The minimum absolute atomic E-state index is 0.0824. The van der Waals surface area contributed by atoms with Gasteiger partial charge in [0.05, 0.1) is 17.2 Å². The second kappa shape index (κ2) is 6.15. The number of nitrogens with one attached hydrogen (secondary N) is 1. The number of rotatable bonds is 3. The highest BCUT2D eigenvalue weighted by Crippen LogP contribution is 2.37. The van der Waals surface area contributed by atoms with Gasteiger partial charge in [-0.2, -0.15) is 0 Å². The molecule has 0 aromatic heterocycles. The Balaban J connectivity index is 2.38. The number of anilines is 1. The van der Waals surface area contributed by atoms with Gasteiger partial charge in [0.15, 0.2) is 0 Å². The molecule has 106 valence electrons. The van der Waals surface area contributed by atoms with E-state index in [4.69, 9.17) is 16.3 Å². The summed E-state index contributed by atoms with van der Waals surface area (Å²) in [7, 11) is 0. The third kappa shape index (κ3) is 3.05. The van der Waals surface area contributed by atoms with E-state index >= 15 is 0 Å². The molecule has 6 nitrogen and oxygen atoms in total. The Morgan fingerprint density at radius 2 is 2.35 bits per heavy atom. The summed E-state index contributed by atoms with van der Waals surface area (Å²) in [5.74, 6) is -0.643. The van der Waals surface area contributed by atoms with Crippen LogP contribution in [0.1, 0.15) is 6.92 Å². The Labute approximate surface area is 124 Å². The summed E-state index contributed by atoms with van der Waals surface area (Å²) in [5.41, 5.74) is 0.297. The smallest absolute Gasteiger partial charge is 0.411 e. The molecule has 0 radical (unpaired) electrons. The summed E-state index contributed by atoms with van der Waals surface area (Å²) < 4.78 is 4.72. The summed E-state index contributed by atoms with van der Waals surface area (Å²) >= 11 is 7.28. The fourth-order valence-electron chi connectivity index (χ4n) is 1.71. The van der Waals surface area contributed by atoms with Crippen molar-refractivity contribution in [2.45, 2.75) is 11.8 Å². The first-order valence-electron chi connectivity index (χ1n) is 5.77. The molecule has 0 saturated heterocycles. The predicted octanol–water partition coefficient (Wildman–Crippen LogP) is 2.91. The quantitative estimate of drug-likeness (QED) is 0.400. The summed E-state index contributed by atoms with van der Waals surface area (Å²) in [6.07, 6.45) is 0. The Hall–Kier alpha value is -1.73. The van der Waals surface area contributed by atoms with Crippen LogP contribution in [0.3, 0.4) is 0 Å². The van der Waals surface area contributed by atoms with Crippen LogP contribution in [0.25, 0.3) is 0 Å². The lowest BCUT2D eigenvalue weighted by Crippen LogP contribution is -2.22. The van der Waals surface area contributed by atoms with Crippen molar-refractivity contribution in [3.8, 4) is 0 Å². The van der Waals surface area contributed by atoms with Gasteiger partial charge in [0.1, 0.15) is 5.70 Å². The predicted molar refractivity (Wildman–Crippen MR) is 76.5 cm³/mol. The number of esters is 1. The largest absolute Gasteiger partial charge is 0.458 e. The van der Waals surface area contributed by atoms with Crippen molar-refractivity contribution in [1.29, 1.82) is 0 Å². The van der Waals surface area contributed by atoms with Gasteiger partial charge in [0.2, 0.25) is 0 Å². The minimum atomic E-state index is -0.939. The van der Waals surface area contributed by atoms with E-state index in [2.05, 4.69) is 5.32 Å². The van der Waals surface area contributed by atoms with Crippen molar-refractivity contribution in [2.24, 2.45) is 0 Å². The van der Waals surface area contributed by atoms with Crippen LogP contribution in [0.2, 0.25) is 5.02 Å². The van der Waals surface area contributed by atoms with Gasteiger partial charge in [-0.15, -0.1) is 11.8 Å². The Morgan fingerprint density at radius 1 is 1.60 bits per heavy atom. The van der Waals surface area contributed by atoms with Gasteiger partial charge in [-0.1, -0.05) is 11.6 Å². The van der Waals surface area contributed by atoms with Crippen molar-refractivity contribution < 1.29 is 14.5 Å².